The molecule has 0 radical (unpaired) electrons. The molecule has 1 aromatic heterocycles. The average Bonchev–Trinajstić information content (AvgIpc) is 3.39. The van der Waals surface area contributed by atoms with Gasteiger partial charge in [0.15, 0.2) is 9.84 Å². The van der Waals surface area contributed by atoms with Crippen molar-refractivity contribution in [1.29, 1.82) is 0 Å². The fraction of sp³-hybridized carbons (Fsp3) is 0.364. The van der Waals surface area contributed by atoms with E-state index in [1.165, 1.54) is 11.8 Å². The lowest BCUT2D eigenvalue weighted by Gasteiger charge is -2.28. The smallest absolute Gasteiger partial charge is 0.233 e. The number of sulfone groups is 1. The molecule has 0 bridgehead atoms. The van der Waals surface area contributed by atoms with Crippen LogP contribution in [0, 0.1) is 13.8 Å². The lowest BCUT2D eigenvalue weighted by molar-refractivity contribution is -0.130. The minimum absolute atomic E-state index is 0.0104. The quantitative estimate of drug-likeness (QED) is 0.489. The van der Waals surface area contributed by atoms with E-state index in [1.54, 1.807) is 9.58 Å². The Morgan fingerprint density at radius 2 is 1.94 bits per heavy atom. The van der Waals surface area contributed by atoms with Crippen LogP contribution in [0.3, 0.4) is 0 Å². The molecule has 8 nitrogen and oxygen atoms in total. The first kappa shape index (κ1) is 22.5. The summed E-state index contributed by atoms with van der Waals surface area (Å²) in [4.78, 5) is 14.9. The highest BCUT2D eigenvalue weighted by Crippen LogP contribution is 2.25. The molecule has 0 saturated carbocycles. The average molecular weight is 472 g/mol. The Labute approximate surface area is 191 Å². The molecule has 0 aliphatic carbocycles. The Morgan fingerprint density at radius 3 is 2.66 bits per heavy atom. The number of rotatable bonds is 7. The second-order valence-corrected chi connectivity index (χ2v) is 11.1. The van der Waals surface area contributed by atoms with Crippen LogP contribution in [0.5, 0.6) is 0 Å². The number of hydrogen-bond donors (Lipinski definition) is 0. The van der Waals surface area contributed by atoms with Gasteiger partial charge in [0.05, 0.1) is 22.9 Å². The van der Waals surface area contributed by atoms with Crippen molar-refractivity contribution in [2.24, 2.45) is 0 Å². The lowest BCUT2D eigenvalue weighted by Crippen LogP contribution is -2.41. The zero-order valence-electron chi connectivity index (χ0n) is 18.0. The molecular weight excluding hydrogens is 446 g/mol. The molecule has 2 heterocycles. The standard InChI is InChI=1S/C22H25N5O3S2/c1-16-7-6-10-20(17(16)2)27-22(23-24-25-27)31-14-21(28)26(13-18-8-4-3-5-9-18)19-11-12-32(29,30)15-19/h3-10,19H,11-15H2,1-2H3. The van der Waals surface area contributed by atoms with Gasteiger partial charge in [-0.25, -0.2) is 8.42 Å². The van der Waals surface area contributed by atoms with Crippen LogP contribution in [0.25, 0.3) is 5.69 Å². The number of hydrogen-bond acceptors (Lipinski definition) is 7. The number of tetrazole rings is 1. The highest BCUT2D eigenvalue weighted by molar-refractivity contribution is 7.99. The van der Waals surface area contributed by atoms with Crippen molar-refractivity contribution in [3.8, 4) is 5.69 Å². The van der Waals surface area contributed by atoms with E-state index in [1.807, 2.05) is 62.4 Å². The first-order valence-electron chi connectivity index (χ1n) is 10.4. The molecule has 168 valence electrons. The molecule has 0 N–H and O–H groups in total. The minimum Gasteiger partial charge on any atom is -0.334 e. The zero-order valence-corrected chi connectivity index (χ0v) is 19.6. The molecule has 1 aliphatic heterocycles. The molecule has 1 unspecified atom stereocenters. The molecule has 1 atom stereocenters. The summed E-state index contributed by atoms with van der Waals surface area (Å²) in [5.41, 5.74) is 4.03. The highest BCUT2D eigenvalue weighted by atomic mass is 32.2. The van der Waals surface area contributed by atoms with Crippen molar-refractivity contribution in [2.75, 3.05) is 17.3 Å². The van der Waals surface area contributed by atoms with E-state index in [0.717, 1.165) is 22.4 Å². The van der Waals surface area contributed by atoms with E-state index in [4.69, 9.17) is 0 Å². The van der Waals surface area contributed by atoms with Gasteiger partial charge in [-0.05, 0) is 53.5 Å². The van der Waals surface area contributed by atoms with Gasteiger partial charge in [0.2, 0.25) is 11.1 Å². The van der Waals surface area contributed by atoms with Crippen LogP contribution in [0.1, 0.15) is 23.1 Å². The van der Waals surface area contributed by atoms with Crippen LogP contribution in [-0.4, -0.2) is 62.7 Å². The third-order valence-corrected chi connectivity index (χ3v) is 8.39. The van der Waals surface area contributed by atoms with Crippen molar-refractivity contribution in [3.05, 3.63) is 65.2 Å². The number of benzene rings is 2. The van der Waals surface area contributed by atoms with Crippen molar-refractivity contribution in [2.45, 2.75) is 38.0 Å². The lowest BCUT2D eigenvalue weighted by atomic mass is 10.1. The van der Waals surface area contributed by atoms with Crippen LogP contribution in [0.2, 0.25) is 0 Å². The number of carbonyl (C=O) groups is 1. The summed E-state index contributed by atoms with van der Waals surface area (Å²) in [7, 11) is -3.11. The molecule has 4 rings (SSSR count). The predicted molar refractivity (Wildman–Crippen MR) is 123 cm³/mol. The van der Waals surface area contributed by atoms with E-state index in [9.17, 15) is 13.2 Å². The summed E-state index contributed by atoms with van der Waals surface area (Å²) in [6.45, 7) is 4.41. The Hall–Kier alpha value is -2.72. The van der Waals surface area contributed by atoms with Gasteiger partial charge in [-0.15, -0.1) is 5.10 Å². The molecule has 3 aromatic rings. The second-order valence-electron chi connectivity index (χ2n) is 7.95. The maximum Gasteiger partial charge on any atom is 0.233 e. The van der Waals surface area contributed by atoms with Gasteiger partial charge in [-0.3, -0.25) is 4.79 Å². The first-order chi connectivity index (χ1) is 15.3. The van der Waals surface area contributed by atoms with Gasteiger partial charge in [0.25, 0.3) is 0 Å². The maximum absolute atomic E-state index is 13.2. The molecule has 1 saturated heterocycles. The largest absolute Gasteiger partial charge is 0.334 e. The Bertz CT molecular complexity index is 1210. The molecule has 1 aliphatic rings. The van der Waals surface area contributed by atoms with Crippen molar-refractivity contribution in [1.82, 2.24) is 25.1 Å². The van der Waals surface area contributed by atoms with E-state index < -0.39 is 9.84 Å². The van der Waals surface area contributed by atoms with Gasteiger partial charge < -0.3 is 4.90 Å². The van der Waals surface area contributed by atoms with Crippen LogP contribution >= 0.6 is 11.8 Å². The predicted octanol–water partition coefficient (Wildman–Crippen LogP) is 2.59. The number of amides is 1. The number of carbonyl (C=O) groups excluding carboxylic acids is 1. The van der Waals surface area contributed by atoms with Gasteiger partial charge in [0, 0.05) is 12.6 Å². The fourth-order valence-corrected chi connectivity index (χ4v) is 6.32. The number of thioether (sulfide) groups is 1. The molecule has 1 fully saturated rings. The Kier molecular flexibility index (Phi) is 6.61. The number of aromatic nitrogens is 4. The monoisotopic (exact) mass is 471 g/mol. The summed E-state index contributed by atoms with van der Waals surface area (Å²) in [5.74, 6) is 0.121. The molecule has 0 spiro atoms. The van der Waals surface area contributed by atoms with Crippen LogP contribution in [-0.2, 0) is 21.2 Å². The third-order valence-electron chi connectivity index (χ3n) is 5.74. The summed E-state index contributed by atoms with van der Waals surface area (Å²) in [6.07, 6.45) is 0.464. The summed E-state index contributed by atoms with van der Waals surface area (Å²) >= 11 is 1.25. The second kappa shape index (κ2) is 9.41. The first-order valence-corrected chi connectivity index (χ1v) is 13.2. The molecular formula is C22H25N5O3S2. The van der Waals surface area contributed by atoms with E-state index in [2.05, 4.69) is 15.5 Å². The summed E-state index contributed by atoms with van der Waals surface area (Å²) in [6, 6.07) is 15.2. The van der Waals surface area contributed by atoms with Crippen LogP contribution in [0.4, 0.5) is 0 Å². The topological polar surface area (TPSA) is 98.1 Å². The van der Waals surface area contributed by atoms with Gasteiger partial charge >= 0.3 is 0 Å². The van der Waals surface area contributed by atoms with Gasteiger partial charge in [-0.2, -0.15) is 4.68 Å². The highest BCUT2D eigenvalue weighted by Gasteiger charge is 2.34. The van der Waals surface area contributed by atoms with Crippen molar-refractivity contribution >= 4 is 27.5 Å². The normalized spacial score (nSPS) is 17.4. The molecule has 2 aromatic carbocycles. The molecule has 32 heavy (non-hydrogen) atoms. The minimum atomic E-state index is -3.11. The van der Waals surface area contributed by atoms with E-state index >= 15 is 0 Å². The van der Waals surface area contributed by atoms with Gasteiger partial charge in [-0.1, -0.05) is 54.2 Å². The number of nitrogens with zero attached hydrogens (tertiary/aromatic N) is 5. The summed E-state index contributed by atoms with van der Waals surface area (Å²) < 4.78 is 25.7. The van der Waals surface area contributed by atoms with Crippen LogP contribution in [0.15, 0.2) is 53.7 Å². The fourth-order valence-electron chi connectivity index (χ4n) is 3.82. The number of aryl methyl sites for hydroxylation is 1. The molecule has 1 amide bonds. The Morgan fingerprint density at radius 1 is 1.16 bits per heavy atom. The van der Waals surface area contributed by atoms with Crippen molar-refractivity contribution < 1.29 is 13.2 Å². The van der Waals surface area contributed by atoms with Crippen LogP contribution < -0.4 is 0 Å². The van der Waals surface area contributed by atoms with Gasteiger partial charge in [0.1, 0.15) is 0 Å². The van der Waals surface area contributed by atoms with E-state index in [-0.39, 0.29) is 29.2 Å². The Balaban J connectivity index is 1.52. The van der Waals surface area contributed by atoms with E-state index in [0.29, 0.717) is 18.1 Å². The van der Waals surface area contributed by atoms with Crippen molar-refractivity contribution in [3.63, 3.8) is 0 Å². The zero-order chi connectivity index (χ0) is 22.7. The third kappa shape index (κ3) is 5.02. The summed E-state index contributed by atoms with van der Waals surface area (Å²) in [5, 5.41) is 12.5. The SMILES string of the molecule is Cc1cccc(-n2nnnc2SCC(=O)N(Cc2ccccc2)C2CCS(=O)(=O)C2)c1C. The molecule has 10 heteroatoms. The maximum atomic E-state index is 13.2.